The average Bonchev–Trinajstić information content (AvgIpc) is 2.81. The number of aryl methyl sites for hydroxylation is 2. The van der Waals surface area contributed by atoms with Gasteiger partial charge in [0.1, 0.15) is 6.33 Å². The van der Waals surface area contributed by atoms with E-state index in [0.29, 0.717) is 0 Å². The van der Waals surface area contributed by atoms with E-state index < -0.39 is 11.7 Å². The van der Waals surface area contributed by atoms with Gasteiger partial charge in [-0.15, -0.1) is 0 Å². The summed E-state index contributed by atoms with van der Waals surface area (Å²) in [6.45, 7) is 3.92. The molecule has 3 nitrogen and oxygen atoms in total. The van der Waals surface area contributed by atoms with Crippen LogP contribution in [-0.2, 0) is 6.18 Å². The van der Waals surface area contributed by atoms with Crippen LogP contribution in [0, 0.1) is 13.8 Å². The average molecular weight is 326 g/mol. The molecule has 0 N–H and O–H groups in total. The quantitative estimate of drug-likeness (QED) is 0.648. The Bertz CT molecular complexity index is 868. The van der Waals surface area contributed by atoms with Gasteiger partial charge in [0.2, 0.25) is 0 Å². The molecular formula is C15H11ClF3N3. The molecule has 0 saturated heterocycles. The predicted molar refractivity (Wildman–Crippen MR) is 78.4 cm³/mol. The van der Waals surface area contributed by atoms with Crippen LogP contribution in [0.25, 0.3) is 16.9 Å². The Kier molecular flexibility index (Phi) is 3.36. The number of halogens is 4. The van der Waals surface area contributed by atoms with E-state index in [1.807, 2.05) is 26.0 Å². The number of hydrogen-bond donors (Lipinski definition) is 0. The Labute approximate surface area is 129 Å². The number of benzene rings is 1. The van der Waals surface area contributed by atoms with Crippen LogP contribution in [0.15, 0.2) is 30.7 Å². The second-order valence-corrected chi connectivity index (χ2v) is 5.47. The smallest absolute Gasteiger partial charge is 0.282 e. The molecule has 0 aliphatic heterocycles. The fourth-order valence-electron chi connectivity index (χ4n) is 2.20. The van der Waals surface area contributed by atoms with Gasteiger partial charge in [0, 0.05) is 6.20 Å². The molecule has 0 bridgehead atoms. The van der Waals surface area contributed by atoms with Crippen molar-refractivity contribution in [3.8, 4) is 5.82 Å². The third-order valence-corrected chi connectivity index (χ3v) is 3.82. The fraction of sp³-hybridized carbons (Fsp3) is 0.200. The van der Waals surface area contributed by atoms with E-state index in [4.69, 9.17) is 11.6 Å². The number of hydrogen-bond acceptors (Lipinski definition) is 2. The van der Waals surface area contributed by atoms with Crippen molar-refractivity contribution in [1.82, 2.24) is 14.5 Å². The monoisotopic (exact) mass is 325 g/mol. The third-order valence-electron chi connectivity index (χ3n) is 3.54. The van der Waals surface area contributed by atoms with Gasteiger partial charge in [-0.1, -0.05) is 11.6 Å². The van der Waals surface area contributed by atoms with Gasteiger partial charge in [0.15, 0.2) is 5.82 Å². The zero-order valence-corrected chi connectivity index (χ0v) is 12.5. The summed E-state index contributed by atoms with van der Waals surface area (Å²) in [5.74, 6) is 0.223. The highest BCUT2D eigenvalue weighted by atomic mass is 35.5. The van der Waals surface area contributed by atoms with Crippen molar-refractivity contribution < 1.29 is 13.2 Å². The molecule has 0 saturated carbocycles. The molecule has 0 amide bonds. The molecule has 7 heteroatoms. The third kappa shape index (κ3) is 2.43. The molecule has 0 fully saturated rings. The number of aromatic nitrogens is 3. The maximum atomic E-state index is 12.7. The number of pyridine rings is 1. The molecule has 3 aromatic rings. The van der Waals surface area contributed by atoms with Crippen molar-refractivity contribution >= 4 is 22.6 Å². The molecule has 22 heavy (non-hydrogen) atoms. The highest BCUT2D eigenvalue weighted by molar-refractivity contribution is 6.32. The highest BCUT2D eigenvalue weighted by Crippen LogP contribution is 2.32. The number of alkyl halides is 3. The highest BCUT2D eigenvalue weighted by Gasteiger charge is 2.31. The van der Waals surface area contributed by atoms with Crippen LogP contribution in [0.3, 0.4) is 0 Å². The van der Waals surface area contributed by atoms with Crippen LogP contribution < -0.4 is 0 Å². The summed E-state index contributed by atoms with van der Waals surface area (Å²) >= 11 is 5.99. The lowest BCUT2D eigenvalue weighted by Crippen LogP contribution is -2.07. The van der Waals surface area contributed by atoms with E-state index in [2.05, 4.69) is 9.97 Å². The van der Waals surface area contributed by atoms with Gasteiger partial charge in [0.25, 0.3) is 0 Å². The zero-order chi connectivity index (χ0) is 16.1. The number of imidazole rings is 1. The van der Waals surface area contributed by atoms with E-state index in [1.54, 1.807) is 4.57 Å². The normalized spacial score (nSPS) is 12.1. The molecule has 0 spiro atoms. The first kappa shape index (κ1) is 14.8. The Morgan fingerprint density at radius 2 is 1.73 bits per heavy atom. The van der Waals surface area contributed by atoms with Gasteiger partial charge in [-0.05, 0) is 43.2 Å². The summed E-state index contributed by atoms with van der Waals surface area (Å²) in [6, 6.07) is 4.70. The number of nitrogens with zero attached hydrogens (tertiary/aromatic N) is 3. The van der Waals surface area contributed by atoms with E-state index in [0.717, 1.165) is 34.4 Å². The molecule has 0 radical (unpaired) electrons. The van der Waals surface area contributed by atoms with Crippen LogP contribution in [0.5, 0.6) is 0 Å². The second kappa shape index (κ2) is 4.98. The summed E-state index contributed by atoms with van der Waals surface area (Å²) in [5.41, 5.74) is 2.75. The molecule has 1 aromatic carbocycles. The first-order valence-electron chi connectivity index (χ1n) is 6.45. The molecule has 2 heterocycles. The lowest BCUT2D eigenvalue weighted by molar-refractivity contribution is -0.137. The minimum absolute atomic E-state index is 0.0765. The van der Waals surface area contributed by atoms with Gasteiger partial charge < -0.3 is 0 Å². The summed E-state index contributed by atoms with van der Waals surface area (Å²) in [5, 5.41) is -0.0765. The van der Waals surface area contributed by atoms with Crippen molar-refractivity contribution in [3.05, 3.63) is 52.4 Å². The Morgan fingerprint density at radius 1 is 1.05 bits per heavy atom. The molecule has 0 aliphatic carbocycles. The lowest BCUT2D eigenvalue weighted by atomic mass is 10.1. The summed E-state index contributed by atoms with van der Waals surface area (Å²) in [7, 11) is 0. The zero-order valence-electron chi connectivity index (χ0n) is 11.7. The van der Waals surface area contributed by atoms with E-state index in [-0.39, 0.29) is 10.8 Å². The van der Waals surface area contributed by atoms with Gasteiger partial charge in [0.05, 0.1) is 21.6 Å². The van der Waals surface area contributed by atoms with E-state index in [1.165, 1.54) is 6.33 Å². The SMILES string of the molecule is Cc1cc2ncn(-c3ncc(C(F)(F)F)cc3Cl)c2cc1C. The van der Waals surface area contributed by atoms with Crippen LogP contribution in [0.4, 0.5) is 13.2 Å². The molecule has 0 unspecified atom stereocenters. The minimum atomic E-state index is -4.47. The van der Waals surface area contributed by atoms with Crippen LogP contribution in [-0.4, -0.2) is 14.5 Å². The van der Waals surface area contributed by atoms with Crippen LogP contribution >= 0.6 is 11.6 Å². The molecular weight excluding hydrogens is 315 g/mol. The molecule has 0 aliphatic rings. The van der Waals surface area contributed by atoms with Crippen molar-refractivity contribution in [3.63, 3.8) is 0 Å². The van der Waals surface area contributed by atoms with Gasteiger partial charge in [-0.3, -0.25) is 4.57 Å². The molecule has 0 atom stereocenters. The first-order chi connectivity index (χ1) is 10.3. The summed E-state index contributed by atoms with van der Waals surface area (Å²) in [6.07, 6.45) is -2.20. The fourth-order valence-corrected chi connectivity index (χ4v) is 2.45. The second-order valence-electron chi connectivity index (χ2n) is 5.07. The minimum Gasteiger partial charge on any atom is -0.282 e. The van der Waals surface area contributed by atoms with Crippen LogP contribution in [0.1, 0.15) is 16.7 Å². The lowest BCUT2D eigenvalue weighted by Gasteiger charge is -2.10. The van der Waals surface area contributed by atoms with Gasteiger partial charge in [-0.25, -0.2) is 9.97 Å². The van der Waals surface area contributed by atoms with Crippen molar-refractivity contribution in [2.75, 3.05) is 0 Å². The maximum absolute atomic E-state index is 12.7. The summed E-state index contributed by atoms with van der Waals surface area (Å²) in [4.78, 5) is 8.11. The number of rotatable bonds is 1. The number of fused-ring (bicyclic) bond motifs is 1. The first-order valence-corrected chi connectivity index (χ1v) is 6.82. The topological polar surface area (TPSA) is 30.7 Å². The predicted octanol–water partition coefficient (Wildman–Crippen LogP) is 4.71. The van der Waals surface area contributed by atoms with Crippen LogP contribution in [0.2, 0.25) is 5.02 Å². The maximum Gasteiger partial charge on any atom is 0.417 e. The van der Waals surface area contributed by atoms with E-state index in [9.17, 15) is 13.2 Å². The van der Waals surface area contributed by atoms with Crippen molar-refractivity contribution in [2.24, 2.45) is 0 Å². The van der Waals surface area contributed by atoms with Gasteiger partial charge >= 0.3 is 6.18 Å². The van der Waals surface area contributed by atoms with Gasteiger partial charge in [-0.2, -0.15) is 13.2 Å². The Balaban J connectivity index is 2.18. The molecule has 2 aromatic heterocycles. The largest absolute Gasteiger partial charge is 0.417 e. The van der Waals surface area contributed by atoms with E-state index >= 15 is 0 Å². The molecule has 114 valence electrons. The van der Waals surface area contributed by atoms with Crippen molar-refractivity contribution in [1.29, 1.82) is 0 Å². The van der Waals surface area contributed by atoms with Crippen molar-refractivity contribution in [2.45, 2.75) is 20.0 Å². The standard InChI is InChI=1S/C15H11ClF3N3/c1-8-3-12-13(4-9(8)2)22(7-21-12)14-11(16)5-10(6-20-14)15(17,18)19/h3-7H,1-2H3. The summed E-state index contributed by atoms with van der Waals surface area (Å²) < 4.78 is 39.6. The Hall–Kier alpha value is -2.08. The Morgan fingerprint density at radius 3 is 2.36 bits per heavy atom. The molecule has 3 rings (SSSR count).